The molecule has 3 aromatic heterocycles. The molecule has 0 spiro atoms. The minimum atomic E-state index is -4.80. The highest BCUT2D eigenvalue weighted by atomic mass is 35.5. The second kappa shape index (κ2) is 8.57. The van der Waals surface area contributed by atoms with Gasteiger partial charge in [-0.2, -0.15) is 31.3 Å². The molecule has 1 N–H and O–H groups in total. The summed E-state index contributed by atoms with van der Waals surface area (Å²) in [6, 6.07) is 2.97. The molecule has 2 fully saturated rings. The van der Waals surface area contributed by atoms with Gasteiger partial charge in [-0.25, -0.2) is 14.5 Å². The molecule has 0 amide bonds. The first-order chi connectivity index (χ1) is 16.5. The summed E-state index contributed by atoms with van der Waals surface area (Å²) in [6.45, 7) is -0.412. The molecule has 3 atom stereocenters. The molecule has 3 aromatic rings. The predicted octanol–water partition coefficient (Wildman–Crippen LogP) is 4.46. The zero-order valence-electron chi connectivity index (χ0n) is 17.8. The van der Waals surface area contributed by atoms with Crippen molar-refractivity contribution in [3.63, 3.8) is 0 Å². The van der Waals surface area contributed by atoms with E-state index in [-0.39, 0.29) is 23.8 Å². The Labute approximate surface area is 199 Å². The first-order valence-electron chi connectivity index (χ1n) is 10.6. The van der Waals surface area contributed by atoms with Crippen LogP contribution in [-0.4, -0.2) is 56.5 Å². The van der Waals surface area contributed by atoms with E-state index in [9.17, 15) is 26.3 Å². The van der Waals surface area contributed by atoms with Gasteiger partial charge in [-0.1, -0.05) is 11.6 Å². The number of alkyl halides is 6. The summed E-state index contributed by atoms with van der Waals surface area (Å²) >= 11 is 5.97. The molecule has 5 rings (SSSR count). The maximum atomic E-state index is 13.5. The van der Waals surface area contributed by atoms with E-state index in [0.717, 1.165) is 18.9 Å². The third-order valence-corrected chi connectivity index (χ3v) is 6.41. The Kier molecular flexibility index (Phi) is 5.80. The van der Waals surface area contributed by atoms with E-state index in [1.165, 1.54) is 6.33 Å². The van der Waals surface area contributed by atoms with Crippen LogP contribution in [0.2, 0.25) is 5.15 Å². The fraction of sp³-hybridized carbons (Fsp3) is 0.500. The van der Waals surface area contributed by atoms with Gasteiger partial charge in [0, 0.05) is 25.2 Å². The van der Waals surface area contributed by atoms with Crippen molar-refractivity contribution in [2.75, 3.05) is 29.9 Å². The van der Waals surface area contributed by atoms with Gasteiger partial charge in [-0.05, 0) is 36.8 Å². The average molecular weight is 522 g/mol. The Morgan fingerprint density at radius 3 is 2.40 bits per heavy atom. The number of rotatable bonds is 5. The number of pyridine rings is 1. The average Bonchev–Trinajstić information content (AvgIpc) is 3.27. The summed E-state index contributed by atoms with van der Waals surface area (Å²) < 4.78 is 83.5. The van der Waals surface area contributed by atoms with Gasteiger partial charge in [0.05, 0.1) is 0 Å². The molecular formula is C20H18ClF6N7O. The summed E-state index contributed by atoms with van der Waals surface area (Å²) in [6.07, 6.45) is -6.34. The van der Waals surface area contributed by atoms with Gasteiger partial charge >= 0.3 is 12.4 Å². The second-order valence-corrected chi connectivity index (χ2v) is 8.91. The van der Waals surface area contributed by atoms with Gasteiger partial charge in [-0.15, -0.1) is 5.10 Å². The number of aromatic nitrogens is 5. The Morgan fingerprint density at radius 1 is 1.06 bits per heavy atom. The zero-order chi connectivity index (χ0) is 25.0. The highest BCUT2D eigenvalue weighted by Crippen LogP contribution is 2.40. The van der Waals surface area contributed by atoms with Gasteiger partial charge in [0.25, 0.3) is 0 Å². The monoisotopic (exact) mass is 521 g/mol. The minimum absolute atomic E-state index is 0.112. The van der Waals surface area contributed by atoms with Crippen molar-refractivity contribution in [3.05, 3.63) is 35.4 Å². The van der Waals surface area contributed by atoms with Crippen LogP contribution in [0.4, 0.5) is 38.1 Å². The molecule has 1 aliphatic carbocycles. The largest absolute Gasteiger partial charge is 0.480 e. The number of anilines is 2. The SMILES string of the molecule is FC(F)(F)COc1ccc(C(F)(F)F)n2nc(NC3[C@@H]4CC[C@H]3CN(c3cc(Cl)ncn3)C4)nc12. The Balaban J connectivity index is 1.40. The molecule has 1 saturated heterocycles. The molecule has 2 bridgehead atoms. The van der Waals surface area contributed by atoms with Crippen molar-refractivity contribution in [1.82, 2.24) is 24.6 Å². The first kappa shape index (κ1) is 23.7. The van der Waals surface area contributed by atoms with Crippen LogP contribution in [0.5, 0.6) is 5.75 Å². The predicted molar refractivity (Wildman–Crippen MR) is 112 cm³/mol. The number of ether oxygens (including phenoxy) is 1. The van der Waals surface area contributed by atoms with E-state index in [0.29, 0.717) is 34.6 Å². The first-order valence-corrected chi connectivity index (χ1v) is 11.0. The molecule has 4 heterocycles. The Hall–Kier alpha value is -3.03. The Bertz CT molecular complexity index is 1220. The molecule has 1 saturated carbocycles. The van der Waals surface area contributed by atoms with E-state index in [1.54, 1.807) is 6.07 Å². The molecule has 1 aliphatic heterocycles. The van der Waals surface area contributed by atoms with Gasteiger partial charge in [-0.3, -0.25) is 0 Å². The van der Waals surface area contributed by atoms with E-state index >= 15 is 0 Å². The number of nitrogens with one attached hydrogen (secondary N) is 1. The quantitative estimate of drug-likeness (QED) is 0.392. The highest BCUT2D eigenvalue weighted by molar-refractivity contribution is 6.29. The van der Waals surface area contributed by atoms with Crippen LogP contribution in [0, 0.1) is 11.8 Å². The van der Waals surface area contributed by atoms with Crippen molar-refractivity contribution < 1.29 is 31.1 Å². The standard InChI is InChI=1S/C20H18ClF6N7O/c21-14-5-15(29-9-28-14)33-6-10-1-2-11(7-33)16(10)30-18-31-17-12(35-8-19(22,23)24)3-4-13(20(25,26)27)34(17)32-18/h3-5,9-11,16H,1-2,6-8H2,(H,30,32)/t10-,11+,16?. The molecule has 35 heavy (non-hydrogen) atoms. The van der Waals surface area contributed by atoms with Crippen LogP contribution in [0.3, 0.4) is 0 Å². The number of nitrogens with zero attached hydrogens (tertiary/aromatic N) is 6. The number of halogens is 7. The minimum Gasteiger partial charge on any atom is -0.480 e. The fourth-order valence-corrected chi connectivity index (χ4v) is 4.92. The summed E-state index contributed by atoms with van der Waals surface area (Å²) in [5.74, 6) is 0.370. The van der Waals surface area contributed by atoms with Crippen LogP contribution >= 0.6 is 11.6 Å². The van der Waals surface area contributed by atoms with E-state index in [2.05, 4.69) is 30.3 Å². The topological polar surface area (TPSA) is 80.5 Å². The summed E-state index contributed by atoms with van der Waals surface area (Å²) in [5.41, 5.74) is -1.63. The normalized spacial score (nSPS) is 22.6. The maximum absolute atomic E-state index is 13.5. The molecule has 0 radical (unpaired) electrons. The summed E-state index contributed by atoms with van der Waals surface area (Å²) in [7, 11) is 0. The van der Waals surface area contributed by atoms with E-state index in [1.807, 2.05) is 0 Å². The summed E-state index contributed by atoms with van der Waals surface area (Å²) in [4.78, 5) is 14.3. The molecule has 1 unspecified atom stereocenters. The second-order valence-electron chi connectivity index (χ2n) is 8.53. The molecular weight excluding hydrogens is 504 g/mol. The summed E-state index contributed by atoms with van der Waals surface area (Å²) in [5, 5.41) is 7.37. The van der Waals surface area contributed by atoms with Gasteiger partial charge in [0.1, 0.15) is 23.0 Å². The Morgan fingerprint density at radius 2 is 1.77 bits per heavy atom. The van der Waals surface area contributed by atoms with Crippen molar-refractivity contribution in [1.29, 1.82) is 0 Å². The van der Waals surface area contributed by atoms with E-state index in [4.69, 9.17) is 16.3 Å². The molecule has 8 nitrogen and oxygen atoms in total. The van der Waals surface area contributed by atoms with E-state index < -0.39 is 36.1 Å². The molecule has 0 aromatic carbocycles. The number of hydrogen-bond donors (Lipinski definition) is 1. The third kappa shape index (κ3) is 4.88. The van der Waals surface area contributed by atoms with Gasteiger partial charge in [0.2, 0.25) is 5.95 Å². The molecule has 15 heteroatoms. The van der Waals surface area contributed by atoms with Crippen LogP contribution < -0.4 is 15.0 Å². The fourth-order valence-electron chi connectivity index (χ4n) is 4.78. The molecule has 188 valence electrons. The number of piperidine rings is 1. The lowest BCUT2D eigenvalue weighted by atomic mass is 9.92. The zero-order valence-corrected chi connectivity index (χ0v) is 18.6. The third-order valence-electron chi connectivity index (χ3n) is 6.20. The van der Waals surface area contributed by atoms with Crippen LogP contribution in [0.15, 0.2) is 24.5 Å². The smallest absolute Gasteiger partial charge is 0.433 e. The number of fused-ring (bicyclic) bond motifs is 3. The van der Waals surface area contributed by atoms with Crippen LogP contribution in [0.25, 0.3) is 5.65 Å². The molecule has 2 aliphatic rings. The van der Waals surface area contributed by atoms with Crippen LogP contribution in [0.1, 0.15) is 18.5 Å². The highest BCUT2D eigenvalue weighted by Gasteiger charge is 2.43. The lowest BCUT2D eigenvalue weighted by Gasteiger charge is -2.38. The van der Waals surface area contributed by atoms with Crippen LogP contribution in [-0.2, 0) is 6.18 Å². The lowest BCUT2D eigenvalue weighted by molar-refractivity contribution is -0.153. The van der Waals surface area contributed by atoms with Crippen molar-refractivity contribution in [2.45, 2.75) is 31.2 Å². The van der Waals surface area contributed by atoms with Crippen molar-refractivity contribution >= 4 is 29.0 Å². The van der Waals surface area contributed by atoms with Crippen molar-refractivity contribution in [3.8, 4) is 5.75 Å². The van der Waals surface area contributed by atoms with Gasteiger partial charge in [0.15, 0.2) is 18.0 Å². The maximum Gasteiger partial charge on any atom is 0.433 e. The number of hydrogen-bond acceptors (Lipinski definition) is 7. The van der Waals surface area contributed by atoms with Crippen molar-refractivity contribution in [2.24, 2.45) is 11.8 Å². The van der Waals surface area contributed by atoms with Gasteiger partial charge < -0.3 is 15.0 Å². The lowest BCUT2D eigenvalue weighted by Crippen LogP contribution is -2.48.